The summed E-state index contributed by atoms with van der Waals surface area (Å²) < 4.78 is 5.28. The number of ketones is 1. The van der Waals surface area contributed by atoms with E-state index in [0.29, 0.717) is 12.2 Å². The summed E-state index contributed by atoms with van der Waals surface area (Å²) in [5.74, 6) is 1.12. The second-order valence-corrected chi connectivity index (χ2v) is 3.78. The molecule has 0 amide bonds. The van der Waals surface area contributed by atoms with Crippen molar-refractivity contribution in [2.24, 2.45) is 0 Å². The van der Waals surface area contributed by atoms with Crippen molar-refractivity contribution in [3.8, 4) is 0 Å². The molecule has 2 heterocycles. The molecular weight excluding hydrogens is 202 g/mol. The van der Waals surface area contributed by atoms with E-state index in [9.17, 15) is 4.79 Å². The van der Waals surface area contributed by atoms with Crippen molar-refractivity contribution >= 4 is 5.78 Å². The van der Waals surface area contributed by atoms with Crippen molar-refractivity contribution in [1.29, 1.82) is 0 Å². The highest BCUT2D eigenvalue weighted by Gasteiger charge is 2.12. The lowest BCUT2D eigenvalue weighted by Crippen LogP contribution is -2.05. The zero-order valence-electron chi connectivity index (χ0n) is 9.36. The number of carbonyl (C=O) groups is 1. The lowest BCUT2D eigenvalue weighted by Gasteiger charge is -2.01. The number of pyridine rings is 1. The maximum absolute atomic E-state index is 11.8. The molecule has 0 aliphatic rings. The van der Waals surface area contributed by atoms with E-state index in [-0.39, 0.29) is 5.78 Å². The average molecular weight is 215 g/mol. The molecule has 0 unspecified atom stereocenters. The van der Waals surface area contributed by atoms with Crippen molar-refractivity contribution in [3.63, 3.8) is 0 Å². The molecule has 16 heavy (non-hydrogen) atoms. The molecule has 0 aliphatic heterocycles. The fraction of sp³-hybridized carbons (Fsp3) is 0.231. The van der Waals surface area contributed by atoms with Gasteiger partial charge in [0.05, 0.1) is 12.1 Å². The van der Waals surface area contributed by atoms with E-state index in [1.54, 1.807) is 18.3 Å². The fourth-order valence-corrected chi connectivity index (χ4v) is 1.53. The minimum atomic E-state index is -0.0325. The van der Waals surface area contributed by atoms with E-state index >= 15 is 0 Å². The normalized spacial score (nSPS) is 10.4. The van der Waals surface area contributed by atoms with E-state index in [2.05, 4.69) is 4.98 Å². The number of hydrogen-bond donors (Lipinski definition) is 0. The summed E-state index contributed by atoms with van der Waals surface area (Å²) in [7, 11) is 0. The maximum atomic E-state index is 11.8. The standard InChI is InChI=1S/C13H13NO2/c1-9-4-3-7-14-11(9)8-12(15)13-6-5-10(2)16-13/h3-7H,8H2,1-2H3. The fourth-order valence-electron chi connectivity index (χ4n) is 1.53. The Kier molecular flexibility index (Phi) is 2.86. The number of aryl methyl sites for hydroxylation is 2. The second-order valence-electron chi connectivity index (χ2n) is 3.78. The minimum Gasteiger partial charge on any atom is -0.458 e. The largest absolute Gasteiger partial charge is 0.458 e. The number of hydrogen-bond acceptors (Lipinski definition) is 3. The summed E-state index contributed by atoms with van der Waals surface area (Å²) in [5, 5.41) is 0. The molecule has 0 bridgehead atoms. The third-order valence-corrected chi connectivity index (χ3v) is 2.46. The van der Waals surface area contributed by atoms with Crippen LogP contribution in [0.5, 0.6) is 0 Å². The Morgan fingerprint density at radius 3 is 2.75 bits per heavy atom. The number of aromatic nitrogens is 1. The highest BCUT2D eigenvalue weighted by molar-refractivity contribution is 5.94. The van der Waals surface area contributed by atoms with Crippen LogP contribution in [0.15, 0.2) is 34.9 Å². The number of furan rings is 1. The van der Waals surface area contributed by atoms with Gasteiger partial charge < -0.3 is 4.42 Å². The molecule has 0 spiro atoms. The van der Waals surface area contributed by atoms with E-state index in [1.807, 2.05) is 26.0 Å². The first kappa shape index (κ1) is 10.6. The molecule has 0 saturated heterocycles. The van der Waals surface area contributed by atoms with Gasteiger partial charge in [0, 0.05) is 6.20 Å². The first-order valence-electron chi connectivity index (χ1n) is 5.17. The van der Waals surface area contributed by atoms with Gasteiger partial charge in [0.25, 0.3) is 0 Å². The van der Waals surface area contributed by atoms with Crippen molar-refractivity contribution in [3.05, 3.63) is 53.2 Å². The molecule has 0 saturated carbocycles. The van der Waals surface area contributed by atoms with Crippen LogP contribution in [0.3, 0.4) is 0 Å². The summed E-state index contributed by atoms with van der Waals surface area (Å²) in [6.45, 7) is 3.77. The number of rotatable bonds is 3. The smallest absolute Gasteiger partial charge is 0.203 e. The Bertz CT molecular complexity index is 514. The lowest BCUT2D eigenvalue weighted by molar-refractivity contribution is 0.0964. The molecule has 0 atom stereocenters. The summed E-state index contributed by atoms with van der Waals surface area (Å²) in [5.41, 5.74) is 1.83. The number of Topliss-reactive ketones (excluding diaryl/α,β-unsaturated/α-hetero) is 1. The Labute approximate surface area is 94.1 Å². The van der Waals surface area contributed by atoms with Crippen molar-refractivity contribution in [2.75, 3.05) is 0 Å². The average Bonchev–Trinajstić information content (AvgIpc) is 2.68. The van der Waals surface area contributed by atoms with E-state index in [0.717, 1.165) is 17.0 Å². The Balaban J connectivity index is 2.17. The van der Waals surface area contributed by atoms with Gasteiger partial charge in [0.1, 0.15) is 5.76 Å². The first-order chi connectivity index (χ1) is 7.66. The predicted molar refractivity (Wildman–Crippen MR) is 60.5 cm³/mol. The van der Waals surface area contributed by atoms with Crippen LogP contribution in [-0.4, -0.2) is 10.8 Å². The van der Waals surface area contributed by atoms with Gasteiger partial charge in [-0.05, 0) is 37.6 Å². The van der Waals surface area contributed by atoms with Gasteiger partial charge in [-0.25, -0.2) is 0 Å². The summed E-state index contributed by atoms with van der Waals surface area (Å²) in [6.07, 6.45) is 1.99. The van der Waals surface area contributed by atoms with Crippen LogP contribution in [0.25, 0.3) is 0 Å². The van der Waals surface area contributed by atoms with Gasteiger partial charge in [-0.1, -0.05) is 6.07 Å². The predicted octanol–water partition coefficient (Wildman–Crippen LogP) is 2.72. The topological polar surface area (TPSA) is 43.1 Å². The van der Waals surface area contributed by atoms with Crippen LogP contribution < -0.4 is 0 Å². The molecule has 0 aliphatic carbocycles. The van der Waals surface area contributed by atoms with Crippen LogP contribution in [0.4, 0.5) is 0 Å². The molecule has 0 aromatic carbocycles. The third kappa shape index (κ3) is 2.19. The summed E-state index contributed by atoms with van der Waals surface area (Å²) in [6, 6.07) is 7.30. The van der Waals surface area contributed by atoms with Crippen molar-refractivity contribution in [2.45, 2.75) is 20.3 Å². The highest BCUT2D eigenvalue weighted by atomic mass is 16.3. The van der Waals surface area contributed by atoms with Gasteiger partial charge in [-0.15, -0.1) is 0 Å². The maximum Gasteiger partial charge on any atom is 0.203 e. The summed E-state index contributed by atoms with van der Waals surface area (Å²) in [4.78, 5) is 16.0. The van der Waals surface area contributed by atoms with Crippen LogP contribution in [0.1, 0.15) is 27.6 Å². The first-order valence-corrected chi connectivity index (χ1v) is 5.17. The molecule has 3 nitrogen and oxygen atoms in total. The van der Waals surface area contributed by atoms with E-state index < -0.39 is 0 Å². The Morgan fingerprint density at radius 1 is 1.31 bits per heavy atom. The highest BCUT2D eigenvalue weighted by Crippen LogP contribution is 2.11. The quantitative estimate of drug-likeness (QED) is 0.739. The third-order valence-electron chi connectivity index (χ3n) is 2.46. The van der Waals surface area contributed by atoms with Gasteiger partial charge in [0.2, 0.25) is 5.78 Å². The number of carbonyl (C=O) groups excluding carboxylic acids is 1. The van der Waals surface area contributed by atoms with Crippen LogP contribution >= 0.6 is 0 Å². The Hall–Kier alpha value is -1.90. The Morgan fingerprint density at radius 2 is 2.12 bits per heavy atom. The summed E-state index contributed by atoms with van der Waals surface area (Å²) >= 11 is 0. The SMILES string of the molecule is Cc1ccc(C(=O)Cc2ncccc2C)o1. The molecule has 3 heteroatoms. The van der Waals surface area contributed by atoms with Gasteiger partial charge in [-0.3, -0.25) is 9.78 Å². The molecule has 0 fully saturated rings. The second kappa shape index (κ2) is 4.31. The van der Waals surface area contributed by atoms with Gasteiger partial charge in [-0.2, -0.15) is 0 Å². The molecule has 82 valence electrons. The van der Waals surface area contributed by atoms with Gasteiger partial charge in [0.15, 0.2) is 5.76 Å². The van der Waals surface area contributed by atoms with Gasteiger partial charge >= 0.3 is 0 Å². The van der Waals surface area contributed by atoms with E-state index in [1.165, 1.54) is 0 Å². The molecule has 2 rings (SSSR count). The van der Waals surface area contributed by atoms with Crippen LogP contribution in [0.2, 0.25) is 0 Å². The van der Waals surface area contributed by atoms with Crippen molar-refractivity contribution < 1.29 is 9.21 Å². The lowest BCUT2D eigenvalue weighted by atomic mass is 10.1. The van der Waals surface area contributed by atoms with Crippen molar-refractivity contribution in [1.82, 2.24) is 4.98 Å². The van der Waals surface area contributed by atoms with E-state index in [4.69, 9.17) is 4.42 Å². The molecule has 2 aromatic rings. The zero-order valence-corrected chi connectivity index (χ0v) is 9.36. The van der Waals surface area contributed by atoms with Crippen LogP contribution in [0, 0.1) is 13.8 Å². The number of nitrogens with zero attached hydrogens (tertiary/aromatic N) is 1. The molecule has 2 aromatic heterocycles. The molecule has 0 N–H and O–H groups in total. The molecule has 0 radical (unpaired) electrons. The minimum absolute atomic E-state index is 0.0325. The molecular formula is C13H13NO2. The zero-order chi connectivity index (χ0) is 11.5. The van der Waals surface area contributed by atoms with Crippen LogP contribution in [-0.2, 0) is 6.42 Å². The monoisotopic (exact) mass is 215 g/mol.